The van der Waals surface area contributed by atoms with Gasteiger partial charge in [0.1, 0.15) is 28.7 Å². The smallest absolute Gasteiger partial charge is 0.345 e. The van der Waals surface area contributed by atoms with Crippen molar-refractivity contribution in [2.24, 2.45) is 7.05 Å². The summed E-state index contributed by atoms with van der Waals surface area (Å²) < 4.78 is 11.6. The zero-order valence-electron chi connectivity index (χ0n) is 16.7. The molecule has 31 heavy (non-hydrogen) atoms. The summed E-state index contributed by atoms with van der Waals surface area (Å²) in [5.74, 6) is -1.57. The molecule has 3 rings (SSSR count). The second-order valence-electron chi connectivity index (χ2n) is 6.23. The van der Waals surface area contributed by atoms with Crippen LogP contribution in [0.3, 0.4) is 0 Å². The molecule has 0 N–H and O–H groups in total. The number of esters is 2. The number of nitrogens with zero attached hydrogens (tertiary/aromatic N) is 4. The molecule has 0 spiro atoms. The molecule has 1 aliphatic rings. The van der Waals surface area contributed by atoms with Gasteiger partial charge >= 0.3 is 11.9 Å². The minimum Gasteiger partial charge on any atom is -0.465 e. The number of allylic oxidation sites excluding steroid dienone is 3. The van der Waals surface area contributed by atoms with Gasteiger partial charge in [0.2, 0.25) is 0 Å². The quantitative estimate of drug-likeness (QED) is 0.536. The van der Waals surface area contributed by atoms with Crippen LogP contribution in [0.25, 0.3) is 16.5 Å². The molecule has 0 bridgehead atoms. The molecular formula is C22H14N4O4S. The summed E-state index contributed by atoms with van der Waals surface area (Å²) in [4.78, 5) is 25.3. The number of fused-ring (bicyclic) bond motifs is 3. The van der Waals surface area contributed by atoms with E-state index < -0.39 is 17.5 Å². The van der Waals surface area contributed by atoms with Crippen LogP contribution < -0.4 is 0 Å². The molecule has 1 aromatic carbocycles. The van der Waals surface area contributed by atoms with Crippen molar-refractivity contribution in [3.8, 4) is 18.2 Å². The fraction of sp³-hybridized carbons (Fsp3) is 0.136. The zero-order chi connectivity index (χ0) is 22.7. The molecule has 2 aromatic rings. The molecule has 0 fully saturated rings. The molecular weight excluding hydrogens is 416 g/mol. The third-order valence-electron chi connectivity index (χ3n) is 4.68. The Morgan fingerprint density at radius 1 is 1.03 bits per heavy atom. The van der Waals surface area contributed by atoms with Crippen molar-refractivity contribution in [2.45, 2.75) is 5.03 Å². The van der Waals surface area contributed by atoms with E-state index in [1.807, 2.05) is 34.9 Å². The second kappa shape index (κ2) is 8.62. The first kappa shape index (κ1) is 21.4. The molecule has 0 amide bonds. The van der Waals surface area contributed by atoms with E-state index in [0.29, 0.717) is 10.6 Å². The molecule has 0 aliphatic carbocycles. The van der Waals surface area contributed by atoms with E-state index in [9.17, 15) is 25.4 Å². The average molecular weight is 430 g/mol. The molecule has 0 radical (unpaired) electrons. The molecule has 2 heterocycles. The Morgan fingerprint density at radius 3 is 2.26 bits per heavy atom. The first-order valence-corrected chi connectivity index (χ1v) is 9.58. The van der Waals surface area contributed by atoms with Crippen LogP contribution in [0.15, 0.2) is 57.0 Å². The number of aryl methyl sites for hydroxylation is 1. The number of hydrogen-bond donors (Lipinski definition) is 0. The summed E-state index contributed by atoms with van der Waals surface area (Å²) in [7, 11) is 4.16. The molecule has 0 atom stereocenters. The Morgan fingerprint density at radius 2 is 1.68 bits per heavy atom. The first-order valence-electron chi connectivity index (χ1n) is 8.76. The maximum Gasteiger partial charge on any atom is 0.345 e. The van der Waals surface area contributed by atoms with Gasteiger partial charge in [-0.25, -0.2) is 9.59 Å². The maximum atomic E-state index is 12.8. The minimum atomic E-state index is -0.814. The molecule has 1 aliphatic heterocycles. The van der Waals surface area contributed by atoms with Crippen LogP contribution in [0.5, 0.6) is 0 Å². The average Bonchev–Trinajstić information content (AvgIpc) is 3.09. The third-order valence-corrected chi connectivity index (χ3v) is 5.93. The van der Waals surface area contributed by atoms with Crippen LogP contribution in [0, 0.1) is 34.0 Å². The van der Waals surface area contributed by atoms with E-state index in [1.165, 1.54) is 20.3 Å². The monoisotopic (exact) mass is 430 g/mol. The number of carbonyl (C=O) groups excluding carboxylic acids is 2. The number of aromatic nitrogens is 1. The highest BCUT2D eigenvalue weighted by Gasteiger charge is 2.36. The Bertz CT molecular complexity index is 1340. The summed E-state index contributed by atoms with van der Waals surface area (Å²) in [5, 5.41) is 29.4. The molecule has 1 aromatic heterocycles. The predicted molar refractivity (Wildman–Crippen MR) is 112 cm³/mol. The van der Waals surface area contributed by atoms with E-state index in [-0.39, 0.29) is 21.6 Å². The molecule has 152 valence electrons. The Labute approximate surface area is 181 Å². The normalized spacial score (nSPS) is 13.6. The van der Waals surface area contributed by atoms with E-state index >= 15 is 0 Å². The van der Waals surface area contributed by atoms with Crippen molar-refractivity contribution in [2.75, 3.05) is 14.2 Å². The lowest BCUT2D eigenvalue weighted by molar-refractivity contribution is -0.138. The van der Waals surface area contributed by atoms with Crippen molar-refractivity contribution in [1.82, 2.24) is 4.57 Å². The van der Waals surface area contributed by atoms with Gasteiger partial charge in [0.15, 0.2) is 0 Å². The summed E-state index contributed by atoms with van der Waals surface area (Å²) in [6.07, 6.45) is 1.27. The molecule has 0 saturated heterocycles. The third kappa shape index (κ3) is 3.46. The number of benzene rings is 1. The number of carbonyl (C=O) groups is 2. The first-order chi connectivity index (χ1) is 14.9. The Balaban J connectivity index is 2.53. The van der Waals surface area contributed by atoms with Crippen molar-refractivity contribution in [3.63, 3.8) is 0 Å². The summed E-state index contributed by atoms with van der Waals surface area (Å²) in [6.45, 7) is 0. The lowest BCUT2D eigenvalue weighted by atomic mass is 9.93. The Kier molecular flexibility index (Phi) is 5.97. The van der Waals surface area contributed by atoms with Gasteiger partial charge in [-0.15, -0.1) is 0 Å². The van der Waals surface area contributed by atoms with Crippen molar-refractivity contribution in [1.29, 1.82) is 15.8 Å². The largest absolute Gasteiger partial charge is 0.465 e. The zero-order valence-corrected chi connectivity index (χ0v) is 17.5. The second-order valence-corrected chi connectivity index (χ2v) is 7.23. The number of para-hydroxylation sites is 1. The van der Waals surface area contributed by atoms with Gasteiger partial charge in [-0.05, 0) is 12.1 Å². The maximum absolute atomic E-state index is 12.8. The van der Waals surface area contributed by atoms with E-state index in [0.717, 1.165) is 22.7 Å². The lowest BCUT2D eigenvalue weighted by Gasteiger charge is -2.21. The minimum absolute atomic E-state index is 0.0215. The van der Waals surface area contributed by atoms with Crippen LogP contribution in [-0.4, -0.2) is 30.7 Å². The fourth-order valence-electron chi connectivity index (χ4n) is 3.28. The summed E-state index contributed by atoms with van der Waals surface area (Å²) >= 11 is 1.05. The van der Waals surface area contributed by atoms with E-state index in [4.69, 9.17) is 9.47 Å². The highest BCUT2D eigenvalue weighted by Crippen LogP contribution is 2.49. The van der Waals surface area contributed by atoms with Crippen LogP contribution in [0.1, 0.15) is 5.56 Å². The van der Waals surface area contributed by atoms with Gasteiger partial charge in [0.25, 0.3) is 0 Å². The topological polar surface area (TPSA) is 129 Å². The lowest BCUT2D eigenvalue weighted by Crippen LogP contribution is -2.18. The summed E-state index contributed by atoms with van der Waals surface area (Å²) in [6, 6.07) is 12.6. The number of nitriles is 3. The number of methoxy groups -OCH3 is 2. The van der Waals surface area contributed by atoms with Gasteiger partial charge in [-0.3, -0.25) is 0 Å². The number of thioether (sulfide) groups is 1. The van der Waals surface area contributed by atoms with E-state index in [2.05, 4.69) is 0 Å². The predicted octanol–water partition coefficient (Wildman–Crippen LogP) is 3.13. The highest BCUT2D eigenvalue weighted by molar-refractivity contribution is 8.04. The van der Waals surface area contributed by atoms with Crippen molar-refractivity contribution >= 4 is 40.2 Å². The van der Waals surface area contributed by atoms with Gasteiger partial charge in [0, 0.05) is 29.1 Å². The van der Waals surface area contributed by atoms with E-state index in [1.54, 1.807) is 19.2 Å². The van der Waals surface area contributed by atoms with Crippen LogP contribution in [0.4, 0.5) is 0 Å². The fourth-order valence-corrected chi connectivity index (χ4v) is 4.49. The van der Waals surface area contributed by atoms with Gasteiger partial charge in [-0.1, -0.05) is 30.0 Å². The number of ether oxygens (including phenoxy) is 2. The van der Waals surface area contributed by atoms with Gasteiger partial charge in [0.05, 0.1) is 30.4 Å². The Hall–Kier alpha value is -4.26. The van der Waals surface area contributed by atoms with Gasteiger partial charge in [-0.2, -0.15) is 15.8 Å². The molecule has 8 nitrogen and oxygen atoms in total. The molecule has 0 saturated carbocycles. The van der Waals surface area contributed by atoms with Crippen molar-refractivity contribution in [3.05, 3.63) is 57.5 Å². The number of rotatable bonds is 3. The standard InChI is InChI=1S/C22H14N4O4S/c1-26-16-7-5-4-6-14(16)17-15(8-12(9-23)13(10-24)11-25)18(21(27)29-2)19(22(28)30-3)31-20(17)26/h4-8H,1-3H3/b15-8+. The molecule has 9 heteroatoms. The highest BCUT2D eigenvalue weighted by atomic mass is 32.2. The van der Waals surface area contributed by atoms with Gasteiger partial charge < -0.3 is 14.0 Å². The number of hydrogen-bond acceptors (Lipinski definition) is 8. The van der Waals surface area contributed by atoms with Crippen LogP contribution >= 0.6 is 11.8 Å². The SMILES string of the molecule is COC(=O)C1=C(C(=O)OC)/C(=C/C(C#N)=C(C#N)C#N)c2c(n(C)c3ccccc23)S1. The van der Waals surface area contributed by atoms with Crippen molar-refractivity contribution < 1.29 is 19.1 Å². The van der Waals surface area contributed by atoms with Crippen LogP contribution in [-0.2, 0) is 26.1 Å². The molecule has 0 unspecified atom stereocenters. The summed E-state index contributed by atoms with van der Waals surface area (Å²) in [5.41, 5.74) is 0.836. The van der Waals surface area contributed by atoms with Crippen LogP contribution in [0.2, 0.25) is 0 Å².